The van der Waals surface area contributed by atoms with E-state index in [4.69, 9.17) is 9.47 Å². The van der Waals surface area contributed by atoms with Gasteiger partial charge in [0.05, 0.1) is 19.8 Å². The van der Waals surface area contributed by atoms with Gasteiger partial charge in [-0.15, -0.1) is 0 Å². The molecule has 5 nitrogen and oxygen atoms in total. The lowest BCUT2D eigenvalue weighted by Gasteiger charge is -2.11. The van der Waals surface area contributed by atoms with Crippen LogP contribution in [0.5, 0.6) is 11.5 Å². The number of rotatable bonds is 8. The van der Waals surface area contributed by atoms with Crippen LogP contribution in [0, 0.1) is 0 Å². The van der Waals surface area contributed by atoms with Gasteiger partial charge >= 0.3 is 5.97 Å². The van der Waals surface area contributed by atoms with E-state index in [1.807, 2.05) is 18.2 Å². The summed E-state index contributed by atoms with van der Waals surface area (Å²) in [5, 5.41) is 3.46. The average Bonchev–Trinajstić information content (AvgIpc) is 2.91. The molecule has 5 heteroatoms. The van der Waals surface area contributed by atoms with Crippen LogP contribution in [0.4, 0.5) is 0 Å². The standard InChI is InChI=1S/C16H23NO4/c1-3-8-17-14-11-21-15-10-12(6-7-13(14)15)20-9-4-5-16(18)19-2/h6-7,10,14,17H,3-5,8-9,11H2,1-2H3. The maximum Gasteiger partial charge on any atom is 0.305 e. The molecule has 0 saturated carbocycles. The van der Waals surface area contributed by atoms with Crippen molar-refractivity contribution in [2.45, 2.75) is 32.2 Å². The van der Waals surface area contributed by atoms with Gasteiger partial charge in [-0.3, -0.25) is 4.79 Å². The molecule has 0 aliphatic carbocycles. The number of hydrogen-bond acceptors (Lipinski definition) is 5. The Hall–Kier alpha value is -1.75. The number of esters is 1. The Morgan fingerprint density at radius 2 is 2.33 bits per heavy atom. The highest BCUT2D eigenvalue weighted by molar-refractivity contribution is 5.69. The summed E-state index contributed by atoms with van der Waals surface area (Å²) < 4.78 is 15.9. The lowest BCUT2D eigenvalue weighted by molar-refractivity contribution is -0.140. The lowest BCUT2D eigenvalue weighted by atomic mass is 10.1. The zero-order valence-electron chi connectivity index (χ0n) is 12.7. The monoisotopic (exact) mass is 293 g/mol. The molecular formula is C16H23NO4. The molecular weight excluding hydrogens is 270 g/mol. The van der Waals surface area contributed by atoms with Crippen molar-refractivity contribution in [2.75, 3.05) is 26.9 Å². The Bertz CT molecular complexity index is 475. The lowest BCUT2D eigenvalue weighted by Crippen LogP contribution is -2.22. The Balaban J connectivity index is 1.83. The molecule has 0 fully saturated rings. The average molecular weight is 293 g/mol. The van der Waals surface area contributed by atoms with E-state index in [0.29, 0.717) is 26.1 Å². The molecule has 1 aromatic carbocycles. The smallest absolute Gasteiger partial charge is 0.305 e. The van der Waals surface area contributed by atoms with Crippen LogP contribution in [0.25, 0.3) is 0 Å². The van der Waals surface area contributed by atoms with Gasteiger partial charge in [-0.1, -0.05) is 6.92 Å². The summed E-state index contributed by atoms with van der Waals surface area (Å²) >= 11 is 0. The van der Waals surface area contributed by atoms with Crippen molar-refractivity contribution in [2.24, 2.45) is 0 Å². The largest absolute Gasteiger partial charge is 0.493 e. The molecule has 0 amide bonds. The molecule has 116 valence electrons. The third-order valence-electron chi connectivity index (χ3n) is 3.43. The Morgan fingerprint density at radius 3 is 3.10 bits per heavy atom. The molecule has 0 bridgehead atoms. The Kier molecular flexibility index (Phi) is 5.87. The molecule has 0 radical (unpaired) electrons. The van der Waals surface area contributed by atoms with Crippen molar-refractivity contribution in [3.05, 3.63) is 23.8 Å². The predicted molar refractivity (Wildman–Crippen MR) is 79.7 cm³/mol. The fraction of sp³-hybridized carbons (Fsp3) is 0.562. The maximum absolute atomic E-state index is 11.0. The van der Waals surface area contributed by atoms with Gasteiger partial charge in [0.2, 0.25) is 0 Å². The van der Waals surface area contributed by atoms with Crippen molar-refractivity contribution in [1.82, 2.24) is 5.32 Å². The molecule has 1 aromatic rings. The fourth-order valence-electron chi connectivity index (χ4n) is 2.28. The molecule has 1 heterocycles. The summed E-state index contributed by atoms with van der Waals surface area (Å²) in [5.41, 5.74) is 1.19. The second-order valence-corrected chi connectivity index (χ2v) is 5.05. The van der Waals surface area contributed by atoms with Gasteiger partial charge in [-0.2, -0.15) is 0 Å². The minimum atomic E-state index is -0.208. The highest BCUT2D eigenvalue weighted by Gasteiger charge is 2.23. The van der Waals surface area contributed by atoms with E-state index in [0.717, 1.165) is 24.5 Å². The van der Waals surface area contributed by atoms with Gasteiger partial charge in [0.15, 0.2) is 0 Å². The van der Waals surface area contributed by atoms with Crippen LogP contribution < -0.4 is 14.8 Å². The molecule has 1 aliphatic rings. The second kappa shape index (κ2) is 7.88. The highest BCUT2D eigenvalue weighted by atomic mass is 16.5. The molecule has 2 rings (SSSR count). The number of carbonyl (C=O) groups is 1. The second-order valence-electron chi connectivity index (χ2n) is 5.05. The summed E-state index contributed by atoms with van der Waals surface area (Å²) in [5.74, 6) is 1.45. The zero-order chi connectivity index (χ0) is 15.1. The first kappa shape index (κ1) is 15.6. The molecule has 21 heavy (non-hydrogen) atoms. The van der Waals surface area contributed by atoms with Crippen molar-refractivity contribution in [3.63, 3.8) is 0 Å². The number of benzene rings is 1. The summed E-state index contributed by atoms with van der Waals surface area (Å²) in [6, 6.07) is 6.19. The minimum absolute atomic E-state index is 0.208. The Morgan fingerprint density at radius 1 is 1.48 bits per heavy atom. The van der Waals surface area contributed by atoms with E-state index in [9.17, 15) is 4.79 Å². The predicted octanol–water partition coefficient (Wildman–Crippen LogP) is 2.45. The van der Waals surface area contributed by atoms with Crippen molar-refractivity contribution >= 4 is 5.97 Å². The van der Waals surface area contributed by atoms with Crippen LogP contribution in [0.3, 0.4) is 0 Å². The Labute approximate surface area is 125 Å². The SMILES string of the molecule is CCCNC1COc2cc(OCCCC(=O)OC)ccc21. The number of hydrogen-bond donors (Lipinski definition) is 1. The van der Waals surface area contributed by atoms with Crippen LogP contribution >= 0.6 is 0 Å². The molecule has 1 aliphatic heterocycles. The number of ether oxygens (including phenoxy) is 3. The third kappa shape index (κ3) is 4.36. The summed E-state index contributed by atoms with van der Waals surface area (Å²) in [6.45, 7) is 4.29. The third-order valence-corrected chi connectivity index (χ3v) is 3.43. The van der Waals surface area contributed by atoms with Crippen molar-refractivity contribution in [1.29, 1.82) is 0 Å². The van der Waals surface area contributed by atoms with E-state index >= 15 is 0 Å². The molecule has 1 atom stereocenters. The summed E-state index contributed by atoms with van der Waals surface area (Å²) in [6.07, 6.45) is 2.12. The molecule has 1 N–H and O–H groups in total. The first-order chi connectivity index (χ1) is 10.2. The summed E-state index contributed by atoms with van der Waals surface area (Å²) in [7, 11) is 1.39. The molecule has 0 saturated heterocycles. The van der Waals surface area contributed by atoms with Crippen LogP contribution in [-0.2, 0) is 9.53 Å². The fourth-order valence-corrected chi connectivity index (χ4v) is 2.28. The van der Waals surface area contributed by atoms with Crippen LogP contribution in [0.1, 0.15) is 37.8 Å². The number of methoxy groups -OCH3 is 1. The summed E-state index contributed by atoms with van der Waals surface area (Å²) in [4.78, 5) is 11.0. The topological polar surface area (TPSA) is 56.8 Å². The van der Waals surface area contributed by atoms with Gasteiger partial charge in [-0.05, 0) is 31.5 Å². The van der Waals surface area contributed by atoms with Crippen molar-refractivity contribution < 1.29 is 19.0 Å². The van der Waals surface area contributed by atoms with Crippen LogP contribution in [0.2, 0.25) is 0 Å². The van der Waals surface area contributed by atoms with Gasteiger partial charge in [-0.25, -0.2) is 0 Å². The zero-order valence-corrected chi connectivity index (χ0v) is 12.7. The van der Waals surface area contributed by atoms with E-state index < -0.39 is 0 Å². The van der Waals surface area contributed by atoms with Gasteiger partial charge in [0.25, 0.3) is 0 Å². The molecule has 1 unspecified atom stereocenters. The number of fused-ring (bicyclic) bond motifs is 1. The highest BCUT2D eigenvalue weighted by Crippen LogP contribution is 2.35. The number of carbonyl (C=O) groups excluding carboxylic acids is 1. The first-order valence-electron chi connectivity index (χ1n) is 7.44. The van der Waals surface area contributed by atoms with Crippen molar-refractivity contribution in [3.8, 4) is 11.5 Å². The van der Waals surface area contributed by atoms with Gasteiger partial charge in [0.1, 0.15) is 18.1 Å². The van der Waals surface area contributed by atoms with E-state index in [1.165, 1.54) is 12.7 Å². The number of nitrogens with one attached hydrogen (secondary N) is 1. The molecule has 0 spiro atoms. The maximum atomic E-state index is 11.0. The van der Waals surface area contributed by atoms with E-state index in [2.05, 4.69) is 17.0 Å². The van der Waals surface area contributed by atoms with Crippen LogP contribution in [0.15, 0.2) is 18.2 Å². The van der Waals surface area contributed by atoms with Crippen LogP contribution in [-0.4, -0.2) is 32.8 Å². The van der Waals surface area contributed by atoms with Gasteiger partial charge in [0, 0.05) is 18.1 Å². The molecule has 0 aromatic heterocycles. The quantitative estimate of drug-likeness (QED) is 0.589. The minimum Gasteiger partial charge on any atom is -0.493 e. The normalized spacial score (nSPS) is 16.2. The first-order valence-corrected chi connectivity index (χ1v) is 7.44. The van der Waals surface area contributed by atoms with E-state index in [1.54, 1.807) is 0 Å². The van der Waals surface area contributed by atoms with E-state index in [-0.39, 0.29) is 12.0 Å². The van der Waals surface area contributed by atoms with Gasteiger partial charge < -0.3 is 19.5 Å².